The number of hydrogen-bond acceptors (Lipinski definition) is 16. The van der Waals surface area contributed by atoms with E-state index in [4.69, 9.17) is 63.2 Å². The van der Waals surface area contributed by atoms with Crippen LogP contribution in [-0.4, -0.2) is 122 Å². The first-order chi connectivity index (χ1) is 56.9. The third-order valence-corrected chi connectivity index (χ3v) is 24.4. The van der Waals surface area contributed by atoms with Crippen molar-refractivity contribution in [1.29, 1.82) is 0 Å². The maximum absolute atomic E-state index is 12.9. The topological polar surface area (TPSA) is 242 Å². The Kier molecular flexibility index (Phi) is 42.1. The molecule has 120 heavy (non-hydrogen) atoms. The Morgan fingerprint density at radius 3 is 0.942 bits per heavy atom. The van der Waals surface area contributed by atoms with Gasteiger partial charge in [-0.1, -0.05) is 129 Å². The monoisotopic (exact) mass is 1800 g/mol. The third kappa shape index (κ3) is 36.2. The molecule has 640 valence electrons. The quantitative estimate of drug-likeness (QED) is 0.0181. The second kappa shape index (κ2) is 50.8. The molecule has 10 aromatic rings. The number of aliphatic carboxylic acids is 5. The van der Waals surface area contributed by atoms with E-state index in [1.807, 2.05) is 71.9 Å². The zero-order valence-corrected chi connectivity index (χ0v) is 74.4. The number of hydrogen-bond donors (Lipinski definition) is 5. The molecular formula is C92H97Cl3F4O16S5. The van der Waals surface area contributed by atoms with E-state index in [1.165, 1.54) is 109 Å². The van der Waals surface area contributed by atoms with Crippen molar-refractivity contribution >= 4 is 123 Å². The molecule has 5 N–H and O–H groups in total. The van der Waals surface area contributed by atoms with Gasteiger partial charge in [0.1, 0.15) is 40.3 Å². The van der Waals surface area contributed by atoms with Crippen molar-refractivity contribution in [3.63, 3.8) is 0 Å². The number of thioether (sulfide) groups is 5. The van der Waals surface area contributed by atoms with Crippen LogP contribution in [0.3, 0.4) is 0 Å². The molecule has 0 fully saturated rings. The van der Waals surface area contributed by atoms with Crippen LogP contribution in [0.4, 0.5) is 17.6 Å². The average Bonchev–Trinajstić information content (AvgIpc) is 0.870. The minimum absolute atomic E-state index is 0.108. The number of carbonyl (C=O) groups is 5. The SMILES string of the molecule is COc1ccc(OC(CCSc2ccc(C)cc2C)C(=O)O)cc1.Cc1ccc(C)c(SCCC(Oc2ccc(Cl)c(Cl)c2)C(=O)O)c1.Cc1ccc(SCCC(Oc2ccc(Cl)cc2)C(=O)O)c(C)c1.Cc1ccc(SCCC(Oc2ccc(F)cc2)C(=O)O)c(C)c1.Cc1ccc(SCCC(Oc2cccc(C(F)(F)F)c2)C(=O)O)c(C)c1. The highest BCUT2D eigenvalue weighted by atomic mass is 35.5. The number of ether oxygens (including phenoxy) is 6. The maximum atomic E-state index is 12.9. The molecule has 0 spiro atoms. The summed E-state index contributed by atoms with van der Waals surface area (Å²) in [6.07, 6.45) is -7.55. The van der Waals surface area contributed by atoms with Gasteiger partial charge in [0.2, 0.25) is 0 Å². The van der Waals surface area contributed by atoms with E-state index in [9.17, 15) is 67.1 Å². The Labute approximate surface area is 734 Å². The lowest BCUT2D eigenvalue weighted by molar-refractivity contribution is -0.146. The van der Waals surface area contributed by atoms with E-state index in [1.54, 1.807) is 115 Å². The summed E-state index contributed by atoms with van der Waals surface area (Å²) < 4.78 is 83.6. The number of rotatable bonds is 36. The molecular weight excluding hydrogens is 1700 g/mol. The van der Waals surface area contributed by atoms with Crippen LogP contribution in [0.15, 0.2) is 231 Å². The van der Waals surface area contributed by atoms with Gasteiger partial charge in [-0.2, -0.15) is 13.2 Å². The number of benzene rings is 10. The number of alkyl halides is 3. The molecule has 0 saturated carbocycles. The fourth-order valence-corrected chi connectivity index (χ4v) is 16.6. The van der Waals surface area contributed by atoms with Gasteiger partial charge in [0.15, 0.2) is 30.5 Å². The maximum Gasteiger partial charge on any atom is 0.416 e. The highest BCUT2D eigenvalue weighted by Gasteiger charge is 2.32. The number of carboxylic acids is 5. The van der Waals surface area contributed by atoms with Crippen molar-refractivity contribution in [2.24, 2.45) is 0 Å². The highest BCUT2D eigenvalue weighted by Crippen LogP contribution is 2.35. The van der Waals surface area contributed by atoms with Crippen molar-refractivity contribution in [2.75, 3.05) is 35.9 Å². The summed E-state index contributed by atoms with van der Waals surface area (Å²) in [6, 6.07) is 58.9. The van der Waals surface area contributed by atoms with E-state index >= 15 is 0 Å². The third-order valence-electron chi connectivity index (χ3n) is 17.4. The van der Waals surface area contributed by atoms with Gasteiger partial charge in [-0.05, 0) is 231 Å². The second-order valence-electron chi connectivity index (χ2n) is 27.4. The lowest BCUT2D eigenvalue weighted by Crippen LogP contribution is -2.27. The van der Waals surface area contributed by atoms with Crippen LogP contribution >= 0.6 is 93.6 Å². The molecule has 0 aliphatic carbocycles. The Morgan fingerprint density at radius 2 is 0.617 bits per heavy atom. The summed E-state index contributed by atoms with van der Waals surface area (Å²) in [5.74, 6) is -0.0226. The van der Waals surface area contributed by atoms with Gasteiger partial charge in [-0.3, -0.25) is 0 Å². The average molecular weight is 1800 g/mol. The standard InChI is InChI=1S/C19H19F3O3S.C19H22O4S.C18H18Cl2O3S.C18H19ClO3S.C18H19FO3S/c1-12-6-7-17(13(2)10-12)26-9-8-16(18(23)24)25-15-5-3-4-14(11-15)19(20,21)22;1-13-4-9-18(14(2)12-13)24-11-10-17(19(20)21)23-16-7-5-15(22-3)6-8-16;1-11-3-4-12(2)17(9-11)24-8-7-16(18(21)22)23-13-5-6-14(19)15(20)10-13;2*1-12-3-8-17(13(2)11-12)23-10-9-16(18(20)21)22-15-6-4-14(19)5-7-15/h3-7,10-11,16H,8-9H2,1-2H3,(H,23,24);4-9,12,17H,10-11H2,1-3H3,(H,20,21);3-6,9-10,16H,7-8H2,1-2H3,(H,21,22);2*3-8,11,16H,9-10H2,1-2H3,(H,20,21). The van der Waals surface area contributed by atoms with Gasteiger partial charge < -0.3 is 54.0 Å². The smallest absolute Gasteiger partial charge is 0.416 e. The number of halogens is 7. The van der Waals surface area contributed by atoms with E-state index in [0.29, 0.717) is 98.3 Å². The number of carboxylic acid groups (broad SMARTS) is 5. The van der Waals surface area contributed by atoms with Gasteiger partial charge in [0.25, 0.3) is 0 Å². The Bertz CT molecular complexity index is 4850. The molecule has 10 aromatic carbocycles. The van der Waals surface area contributed by atoms with Crippen molar-refractivity contribution in [3.8, 4) is 34.5 Å². The summed E-state index contributed by atoms with van der Waals surface area (Å²) in [4.78, 5) is 62.6. The molecule has 0 bridgehead atoms. The van der Waals surface area contributed by atoms with Crippen LogP contribution in [-0.2, 0) is 30.1 Å². The second-order valence-corrected chi connectivity index (χ2v) is 34.4. The minimum Gasteiger partial charge on any atom is -0.497 e. The molecule has 28 heteroatoms. The molecule has 0 saturated heterocycles. The summed E-state index contributed by atoms with van der Waals surface area (Å²) in [5.41, 5.74) is 11.0. The van der Waals surface area contributed by atoms with Gasteiger partial charge in [-0.25, -0.2) is 28.4 Å². The molecule has 16 nitrogen and oxygen atoms in total. The van der Waals surface area contributed by atoms with E-state index in [0.717, 1.165) is 37.9 Å². The van der Waals surface area contributed by atoms with Gasteiger partial charge in [0, 0.05) is 96.4 Å². The van der Waals surface area contributed by atoms with Gasteiger partial charge in [-0.15, -0.1) is 58.8 Å². The molecule has 0 heterocycles. The zero-order chi connectivity index (χ0) is 88.2. The molecule has 5 unspecified atom stereocenters. The van der Waals surface area contributed by atoms with Crippen LogP contribution in [0.1, 0.15) is 93.3 Å². The van der Waals surface area contributed by atoms with Crippen LogP contribution in [0.2, 0.25) is 15.1 Å². The van der Waals surface area contributed by atoms with Crippen LogP contribution in [0.25, 0.3) is 0 Å². The predicted molar refractivity (Wildman–Crippen MR) is 475 cm³/mol. The Morgan fingerprint density at radius 1 is 0.325 bits per heavy atom. The number of methoxy groups -OCH3 is 1. The van der Waals surface area contributed by atoms with Crippen molar-refractivity contribution in [1.82, 2.24) is 0 Å². The Balaban J connectivity index is 0.000000233. The molecule has 0 radical (unpaired) electrons. The molecule has 10 rings (SSSR count). The van der Waals surface area contributed by atoms with Crippen LogP contribution < -0.4 is 28.4 Å². The van der Waals surface area contributed by atoms with E-state index in [-0.39, 0.29) is 18.0 Å². The van der Waals surface area contributed by atoms with Crippen molar-refractivity contribution in [2.45, 2.75) is 163 Å². The largest absolute Gasteiger partial charge is 0.497 e. The predicted octanol–water partition coefficient (Wildman–Crippen LogP) is 24.7. The zero-order valence-electron chi connectivity index (χ0n) is 68.0. The van der Waals surface area contributed by atoms with Gasteiger partial charge >= 0.3 is 36.0 Å². The normalized spacial score (nSPS) is 12.1. The fourth-order valence-electron chi connectivity index (χ4n) is 11.0. The summed E-state index contributed by atoms with van der Waals surface area (Å²) >= 11 is 25.6. The summed E-state index contributed by atoms with van der Waals surface area (Å²) in [7, 11) is 1.58. The van der Waals surface area contributed by atoms with Crippen molar-refractivity contribution < 1.29 is 95.5 Å². The first-order valence-corrected chi connectivity index (χ1v) is 43.7. The Hall–Kier alpha value is -9.31. The summed E-state index contributed by atoms with van der Waals surface area (Å²) in [5, 5.41) is 47.9. The lowest BCUT2D eigenvalue weighted by Gasteiger charge is -2.16. The van der Waals surface area contributed by atoms with Crippen molar-refractivity contribution in [3.05, 3.63) is 288 Å². The highest BCUT2D eigenvalue weighted by molar-refractivity contribution is 8.00. The van der Waals surface area contributed by atoms with E-state index < -0.39 is 72.1 Å². The fraction of sp³-hybridized carbons (Fsp3) is 0.293. The van der Waals surface area contributed by atoms with Gasteiger partial charge in [0.05, 0.1) is 22.7 Å². The molecule has 5 atom stereocenters. The van der Waals surface area contributed by atoms with Crippen LogP contribution in [0.5, 0.6) is 34.5 Å². The lowest BCUT2D eigenvalue weighted by atomic mass is 10.2. The molecule has 0 amide bonds. The first-order valence-electron chi connectivity index (χ1n) is 37.7. The molecule has 0 aliphatic heterocycles. The van der Waals surface area contributed by atoms with Crippen LogP contribution in [0, 0.1) is 75.1 Å². The first kappa shape index (κ1) is 99.5. The summed E-state index contributed by atoms with van der Waals surface area (Å²) in [6.45, 7) is 20.4. The molecule has 0 aromatic heterocycles. The molecule has 0 aliphatic rings. The number of aryl methyl sites for hydroxylation is 10. The minimum atomic E-state index is -4.50. The van der Waals surface area contributed by atoms with E-state index in [2.05, 4.69) is 88.4 Å².